The molecule has 0 unspecified atom stereocenters. The normalized spacial score (nSPS) is 6.97. The molecule has 0 fully saturated rings. The third-order valence-electron chi connectivity index (χ3n) is 1.41. The van der Waals surface area contributed by atoms with Gasteiger partial charge in [0.05, 0.1) is 6.61 Å². The van der Waals surface area contributed by atoms with Crippen molar-refractivity contribution in [2.45, 2.75) is 157 Å². The Balaban J connectivity index is -0.0000000103. The van der Waals surface area contributed by atoms with Crippen LogP contribution in [-0.2, 0) is 67.3 Å². The van der Waals surface area contributed by atoms with E-state index < -0.39 is 113 Å². The maximum atomic E-state index is 11.4. The quantitative estimate of drug-likeness (QED) is 0.171. The van der Waals surface area contributed by atoms with E-state index in [0.717, 1.165) is 0 Å². The van der Waals surface area contributed by atoms with Gasteiger partial charge in [-0.15, -0.1) is 9.88 Å². The van der Waals surface area contributed by atoms with Gasteiger partial charge in [0, 0.05) is 32.7 Å². The van der Waals surface area contributed by atoms with Gasteiger partial charge in [-0.2, -0.15) is 71.1 Å². The van der Waals surface area contributed by atoms with E-state index in [2.05, 4.69) is 31.6 Å². The Morgan fingerprint density at radius 2 is 0.487 bits per heavy atom. The van der Waals surface area contributed by atoms with Gasteiger partial charge in [-0.3, -0.25) is 0 Å². The first-order chi connectivity index (χ1) is 29.1. The zero-order chi connectivity index (χ0) is 54.8. The number of halogens is 34. The zero-order valence-corrected chi connectivity index (χ0v) is 34.2. The van der Waals surface area contributed by atoms with Gasteiger partial charge >= 0.3 is 24.3 Å². The van der Waals surface area contributed by atoms with Gasteiger partial charge in [-0.05, 0) is 38.6 Å². The molecule has 0 aliphatic rings. The fourth-order valence-corrected chi connectivity index (χ4v) is 0.217. The van der Waals surface area contributed by atoms with Crippen molar-refractivity contribution < 1.29 is 223 Å². The molecule has 0 rings (SSSR count). The Morgan fingerprint density at radius 1 is 0.338 bits per heavy atom. The number of aliphatic hydroxyl groups excluding tert-OH is 1. The summed E-state index contributed by atoms with van der Waals surface area (Å²) in [4.78, 5) is 15.9. The predicted octanol–water partition coefficient (Wildman–Crippen LogP) is 24.6. The van der Waals surface area contributed by atoms with Crippen molar-refractivity contribution in [1.29, 1.82) is 0 Å². The van der Waals surface area contributed by atoms with Crippen LogP contribution >= 0.6 is 0 Å². The van der Waals surface area contributed by atoms with Crippen LogP contribution in [-0.4, -0.2) is 125 Å². The Labute approximate surface area is 481 Å². The van der Waals surface area contributed by atoms with Gasteiger partial charge in [0.1, 0.15) is 0 Å². The summed E-state index contributed by atoms with van der Waals surface area (Å²) in [5.74, 6) is -5.11. The van der Waals surface area contributed by atoms with E-state index >= 15 is 0 Å². The van der Waals surface area contributed by atoms with Gasteiger partial charge in [0.25, 0.3) is 0 Å². The average Bonchev–Trinajstić information content (AvgIpc) is 3.24. The molecule has 0 amide bonds. The summed E-state index contributed by atoms with van der Waals surface area (Å²) in [5.41, 5.74) is 0. The van der Waals surface area contributed by atoms with E-state index in [0.29, 0.717) is 0 Å². The molecule has 43 heteroatoms. The van der Waals surface area contributed by atoms with E-state index in [9.17, 15) is 150 Å². The number of hydrogen-bond acceptors (Lipinski definition) is 8. The van der Waals surface area contributed by atoms with Crippen LogP contribution in [0.2, 0.25) is 0 Å². The van der Waals surface area contributed by atoms with Crippen molar-refractivity contribution in [3.05, 3.63) is 6.92 Å². The first-order valence-corrected chi connectivity index (χ1v) is 12.5. The first kappa shape index (κ1) is 218. The monoisotopic (exact) mass is 1410 g/mol. The van der Waals surface area contributed by atoms with E-state index in [1.165, 1.54) is 0 Å². The summed E-state index contributed by atoms with van der Waals surface area (Å²) in [5, 5.41) is 6.90. The molecule has 0 saturated carbocycles. The van der Waals surface area contributed by atoms with Crippen LogP contribution in [0.4, 0.5) is 150 Å². The fraction of sp³-hybridized carbons (Fsp3) is 0.973. The van der Waals surface area contributed by atoms with Crippen molar-refractivity contribution in [3.63, 3.8) is 0 Å². The SMILES string of the molecule is C.C.C.C.C.C.C.C.C.C.C.C.C.C.C.C.CCOF.FCC(F)(F)C(F)(F)OF.FCC(F)(F)OF.FCF.FCF.FCF.FCF.FCF.FCF.FCOF.FCOF.FCOF.FOCC(F)(F)F.OCF.[CH2-]C.[Y]. The van der Waals surface area contributed by atoms with Crippen LogP contribution in [0.1, 0.15) is 133 Å². The van der Waals surface area contributed by atoms with Gasteiger partial charge in [-0.1, -0.05) is 119 Å². The minimum atomic E-state index is -5.39. The molecule has 80 heavy (non-hydrogen) atoms. The van der Waals surface area contributed by atoms with Crippen LogP contribution in [0.15, 0.2) is 0 Å². The molecule has 0 aliphatic heterocycles. The minimum absolute atomic E-state index is 0. The van der Waals surface area contributed by atoms with Gasteiger partial charge in [0.15, 0.2) is 26.8 Å². The molecular formula is C37H101F34O8Y-. The number of rotatable bonds is 10. The van der Waals surface area contributed by atoms with Crippen LogP contribution in [0.25, 0.3) is 0 Å². The second-order valence-electron chi connectivity index (χ2n) is 4.93. The smallest absolute Gasteiger partial charge is 0.366 e. The van der Waals surface area contributed by atoms with Crippen LogP contribution in [0.5, 0.6) is 0 Å². The van der Waals surface area contributed by atoms with Gasteiger partial charge in [-0.25, -0.2) is 79.0 Å². The fourth-order valence-electron chi connectivity index (χ4n) is 0.217. The Kier molecular flexibility index (Phi) is 654. The molecule has 0 spiro atoms. The largest absolute Gasteiger partial charge is 0.451 e. The van der Waals surface area contributed by atoms with Gasteiger partial charge in [0.2, 0.25) is 62.2 Å². The molecule has 539 valence electrons. The minimum Gasteiger partial charge on any atom is -0.366 e. The summed E-state index contributed by atoms with van der Waals surface area (Å²) in [7, 11) is 0. The molecule has 1 N–H and O–H groups in total. The van der Waals surface area contributed by atoms with Crippen molar-refractivity contribution in [1.82, 2.24) is 0 Å². The number of aliphatic hydroxyl groups is 1. The molecule has 0 aromatic carbocycles. The maximum Gasteiger partial charge on any atom is 0.451 e. The van der Waals surface area contributed by atoms with Crippen molar-refractivity contribution >= 4 is 0 Å². The van der Waals surface area contributed by atoms with Crippen LogP contribution in [0, 0.1) is 6.92 Å². The Hall–Kier alpha value is -1.60. The predicted molar refractivity (Wildman–Crippen MR) is 251 cm³/mol. The Morgan fingerprint density at radius 3 is 0.500 bits per heavy atom. The zero-order valence-electron chi connectivity index (χ0n) is 31.3. The van der Waals surface area contributed by atoms with Crippen LogP contribution in [0.3, 0.4) is 0 Å². The topological polar surface area (TPSA) is 84.8 Å². The summed E-state index contributed by atoms with van der Waals surface area (Å²) >= 11 is 0. The summed E-state index contributed by atoms with van der Waals surface area (Å²) in [6.45, 7) is -15.7. The second-order valence-corrected chi connectivity index (χ2v) is 4.93. The van der Waals surface area contributed by atoms with Crippen molar-refractivity contribution in [3.8, 4) is 0 Å². The average molecular weight is 1410 g/mol. The maximum absolute atomic E-state index is 11.4. The van der Waals surface area contributed by atoms with E-state index in [1.807, 2.05) is 4.94 Å². The molecule has 0 saturated heterocycles. The van der Waals surface area contributed by atoms with E-state index in [-0.39, 0.29) is 158 Å². The molecule has 0 atom stereocenters. The summed E-state index contributed by atoms with van der Waals surface area (Å²) in [6.07, 6.45) is -14.2. The molecule has 0 heterocycles. The molecule has 0 aromatic heterocycles. The van der Waals surface area contributed by atoms with Gasteiger partial charge < -0.3 is 12.0 Å². The molecule has 0 bridgehead atoms. The Bertz CT molecular complexity index is 525. The number of hydrogen-bond donors (Lipinski definition) is 1. The molecule has 0 aromatic rings. The molecule has 8 nitrogen and oxygen atoms in total. The first-order valence-electron chi connectivity index (χ1n) is 12.5. The van der Waals surface area contributed by atoms with E-state index in [4.69, 9.17) is 5.11 Å². The molecule has 0 aliphatic carbocycles. The summed E-state index contributed by atoms with van der Waals surface area (Å²) in [6, 6.07) is 0. The van der Waals surface area contributed by atoms with E-state index in [1.54, 1.807) is 18.8 Å². The van der Waals surface area contributed by atoms with Crippen molar-refractivity contribution in [2.24, 2.45) is 0 Å². The standard InChI is InChI=1S/C3H2F6O.2C2H2F4O.C2H5FO.C2H5.3CH2F2O.6CH2F2.CH3FO.16CH4.Y/c4-1-2(5,6)3(7,8)10-9;3-2(4,5)1-7-6;3-1-2(4,5)7-6;1-2-4-3;1-2;3*2-1-4-3;7*2-1-3;;;;;;;;;;;;;;;;;/h1H2;2*1H2;2H2,1H3;1H2,2H3;3*1H2;6*1H2;3H,1H2;16*1H4;/q;;;;-1;;;;;;;;;;;;;;;;;;;;;;;;;;;. The molecule has 1 radical (unpaired) electrons. The molecular weight excluding hydrogens is 1310 g/mol. The van der Waals surface area contributed by atoms with Crippen LogP contribution < -0.4 is 0 Å². The second kappa shape index (κ2) is 240. The third-order valence-corrected chi connectivity index (χ3v) is 1.41. The summed E-state index contributed by atoms with van der Waals surface area (Å²) < 4.78 is 348. The van der Waals surface area contributed by atoms with Crippen molar-refractivity contribution in [2.75, 3.05) is 95.6 Å². The third kappa shape index (κ3) is 578. The number of alkyl halides is 27.